The van der Waals surface area contributed by atoms with E-state index in [4.69, 9.17) is 4.74 Å². The number of ether oxygens (including phenoxy) is 1. The van der Waals surface area contributed by atoms with E-state index in [0.717, 1.165) is 0 Å². The first-order valence-electron chi connectivity index (χ1n) is 5.22. The van der Waals surface area contributed by atoms with Gasteiger partial charge in [-0.2, -0.15) is 0 Å². The molecule has 0 spiro atoms. The predicted molar refractivity (Wildman–Crippen MR) is 61.3 cm³/mol. The highest BCUT2D eigenvalue weighted by atomic mass is 16.5. The average Bonchev–Trinajstić information content (AvgIpc) is 2.25. The van der Waals surface area contributed by atoms with Crippen molar-refractivity contribution in [3.63, 3.8) is 0 Å². The minimum atomic E-state index is -0.720. The number of aliphatic hydroxyl groups is 1. The zero-order valence-electron chi connectivity index (χ0n) is 10.2. The van der Waals surface area contributed by atoms with Crippen molar-refractivity contribution in [2.45, 2.75) is 32.4 Å². The molecule has 0 aliphatic heterocycles. The number of methoxy groups -OCH3 is 1. The van der Waals surface area contributed by atoms with Crippen molar-refractivity contribution in [2.75, 3.05) is 13.7 Å². The normalized spacial score (nSPS) is 13.6. The van der Waals surface area contributed by atoms with Crippen LogP contribution < -0.4 is 10.1 Å². The summed E-state index contributed by atoms with van der Waals surface area (Å²) in [5.41, 5.74) is 0.415. The molecule has 0 aromatic carbocycles. The van der Waals surface area contributed by atoms with Gasteiger partial charge >= 0.3 is 0 Å². The second kappa shape index (κ2) is 5.23. The standard InChI is InChI=1S/C11H19N3O2/c1-11(2,3)14-7-8(15)9-10(16-4)13-6-5-12-9/h5-6,8,14-15H,7H2,1-4H3. The monoisotopic (exact) mass is 225 g/mol. The third-order valence-electron chi connectivity index (χ3n) is 2.03. The molecular formula is C11H19N3O2. The Morgan fingerprint density at radius 1 is 1.38 bits per heavy atom. The molecule has 1 rings (SSSR count). The minimum absolute atomic E-state index is 0.0452. The quantitative estimate of drug-likeness (QED) is 0.797. The lowest BCUT2D eigenvalue weighted by Crippen LogP contribution is -2.38. The molecule has 0 saturated carbocycles. The average molecular weight is 225 g/mol. The molecule has 1 aromatic heterocycles. The first-order valence-corrected chi connectivity index (χ1v) is 5.22. The third-order valence-corrected chi connectivity index (χ3v) is 2.03. The molecule has 1 atom stereocenters. The van der Waals surface area contributed by atoms with Crippen LogP contribution in [0.5, 0.6) is 5.88 Å². The van der Waals surface area contributed by atoms with E-state index in [2.05, 4.69) is 15.3 Å². The molecule has 1 unspecified atom stereocenters. The van der Waals surface area contributed by atoms with Gasteiger partial charge in [-0.15, -0.1) is 0 Å². The highest BCUT2D eigenvalue weighted by Crippen LogP contribution is 2.19. The van der Waals surface area contributed by atoms with Crippen LogP contribution in [-0.2, 0) is 0 Å². The zero-order valence-corrected chi connectivity index (χ0v) is 10.2. The van der Waals surface area contributed by atoms with E-state index in [-0.39, 0.29) is 5.54 Å². The third kappa shape index (κ3) is 3.75. The molecule has 1 aromatic rings. The number of hydrogen-bond acceptors (Lipinski definition) is 5. The topological polar surface area (TPSA) is 67.3 Å². The summed E-state index contributed by atoms with van der Waals surface area (Å²) < 4.78 is 5.04. The number of nitrogens with zero attached hydrogens (tertiary/aromatic N) is 2. The molecule has 2 N–H and O–H groups in total. The lowest BCUT2D eigenvalue weighted by Gasteiger charge is -2.22. The fraction of sp³-hybridized carbons (Fsp3) is 0.636. The van der Waals surface area contributed by atoms with E-state index in [1.54, 1.807) is 0 Å². The lowest BCUT2D eigenvalue weighted by atomic mass is 10.1. The molecule has 5 nitrogen and oxygen atoms in total. The van der Waals surface area contributed by atoms with Gasteiger partial charge in [-0.3, -0.25) is 4.98 Å². The summed E-state index contributed by atoms with van der Waals surface area (Å²) in [7, 11) is 1.51. The van der Waals surface area contributed by atoms with E-state index in [1.165, 1.54) is 19.5 Å². The van der Waals surface area contributed by atoms with E-state index in [1.807, 2.05) is 20.8 Å². The summed E-state index contributed by atoms with van der Waals surface area (Å²) in [6, 6.07) is 0. The van der Waals surface area contributed by atoms with Gasteiger partial charge in [-0.25, -0.2) is 4.98 Å². The number of aromatic nitrogens is 2. The maximum Gasteiger partial charge on any atom is 0.238 e. The minimum Gasteiger partial charge on any atom is -0.480 e. The van der Waals surface area contributed by atoms with Crippen molar-refractivity contribution in [1.29, 1.82) is 0 Å². The predicted octanol–water partition coefficient (Wildman–Crippen LogP) is 0.907. The van der Waals surface area contributed by atoms with Crippen molar-refractivity contribution < 1.29 is 9.84 Å². The van der Waals surface area contributed by atoms with Crippen LogP contribution in [0, 0.1) is 0 Å². The van der Waals surface area contributed by atoms with Gasteiger partial charge in [0.15, 0.2) is 0 Å². The number of nitrogens with one attached hydrogen (secondary N) is 1. The first kappa shape index (κ1) is 12.9. The molecule has 0 aliphatic rings. The Morgan fingerprint density at radius 2 is 2.00 bits per heavy atom. The van der Waals surface area contributed by atoms with Crippen LogP contribution in [0.2, 0.25) is 0 Å². The smallest absolute Gasteiger partial charge is 0.238 e. The van der Waals surface area contributed by atoms with Gasteiger partial charge < -0.3 is 15.2 Å². The molecule has 0 radical (unpaired) electrons. The maximum absolute atomic E-state index is 9.95. The highest BCUT2D eigenvalue weighted by Gasteiger charge is 2.18. The van der Waals surface area contributed by atoms with Gasteiger partial charge in [0, 0.05) is 24.5 Å². The molecule has 0 aliphatic carbocycles. The van der Waals surface area contributed by atoms with Gasteiger partial charge in [0.1, 0.15) is 11.8 Å². The van der Waals surface area contributed by atoms with E-state index in [0.29, 0.717) is 18.1 Å². The van der Waals surface area contributed by atoms with Gasteiger partial charge in [0.05, 0.1) is 7.11 Å². The Bertz CT molecular complexity index is 336. The van der Waals surface area contributed by atoms with Crippen molar-refractivity contribution in [3.05, 3.63) is 18.1 Å². The molecule has 5 heteroatoms. The van der Waals surface area contributed by atoms with Crippen LogP contribution in [0.25, 0.3) is 0 Å². The molecule has 0 bridgehead atoms. The fourth-order valence-electron chi connectivity index (χ4n) is 1.22. The van der Waals surface area contributed by atoms with E-state index >= 15 is 0 Å². The van der Waals surface area contributed by atoms with Crippen LogP contribution in [0.1, 0.15) is 32.6 Å². The number of hydrogen-bond donors (Lipinski definition) is 2. The Labute approximate surface area is 95.9 Å². The van der Waals surface area contributed by atoms with E-state index in [9.17, 15) is 5.11 Å². The molecule has 16 heavy (non-hydrogen) atoms. The fourth-order valence-corrected chi connectivity index (χ4v) is 1.22. The lowest BCUT2D eigenvalue weighted by molar-refractivity contribution is 0.154. The van der Waals surface area contributed by atoms with Crippen molar-refractivity contribution in [2.24, 2.45) is 0 Å². The molecule has 90 valence electrons. The van der Waals surface area contributed by atoms with Gasteiger partial charge in [-0.1, -0.05) is 0 Å². The van der Waals surface area contributed by atoms with Crippen LogP contribution in [0.3, 0.4) is 0 Å². The summed E-state index contributed by atoms with van der Waals surface area (Å²) >= 11 is 0. The maximum atomic E-state index is 9.95. The Morgan fingerprint density at radius 3 is 2.56 bits per heavy atom. The van der Waals surface area contributed by atoms with Crippen molar-refractivity contribution in [3.8, 4) is 5.88 Å². The molecule has 0 fully saturated rings. The number of rotatable bonds is 4. The van der Waals surface area contributed by atoms with Crippen molar-refractivity contribution in [1.82, 2.24) is 15.3 Å². The molecular weight excluding hydrogens is 206 g/mol. The van der Waals surface area contributed by atoms with Crippen molar-refractivity contribution >= 4 is 0 Å². The Hall–Kier alpha value is -1.20. The molecule has 1 heterocycles. The van der Waals surface area contributed by atoms with Gasteiger partial charge in [-0.05, 0) is 20.8 Å². The Balaban J connectivity index is 2.69. The van der Waals surface area contributed by atoms with Gasteiger partial charge in [0.2, 0.25) is 5.88 Å². The van der Waals surface area contributed by atoms with Gasteiger partial charge in [0.25, 0.3) is 0 Å². The molecule has 0 amide bonds. The summed E-state index contributed by atoms with van der Waals surface area (Å²) in [6.45, 7) is 6.52. The largest absolute Gasteiger partial charge is 0.480 e. The second-order valence-corrected chi connectivity index (χ2v) is 4.60. The van der Waals surface area contributed by atoms with Crippen LogP contribution in [0.4, 0.5) is 0 Å². The summed E-state index contributed by atoms with van der Waals surface area (Å²) in [5, 5.41) is 13.1. The molecule has 0 saturated heterocycles. The second-order valence-electron chi connectivity index (χ2n) is 4.60. The van der Waals surface area contributed by atoms with Crippen LogP contribution >= 0.6 is 0 Å². The SMILES string of the molecule is COc1nccnc1C(O)CNC(C)(C)C. The highest BCUT2D eigenvalue weighted by molar-refractivity contribution is 5.19. The first-order chi connectivity index (χ1) is 7.44. The summed E-state index contributed by atoms with van der Waals surface area (Å²) in [5.74, 6) is 0.366. The number of β-amino-alcohol motifs (C(OH)–C–C–N with tert-alkyl or cyclic N) is 1. The zero-order chi connectivity index (χ0) is 12.2. The summed E-state index contributed by atoms with van der Waals surface area (Å²) in [4.78, 5) is 8.06. The Kier molecular flexibility index (Phi) is 4.20. The summed E-state index contributed by atoms with van der Waals surface area (Å²) in [6.07, 6.45) is 2.35. The van der Waals surface area contributed by atoms with E-state index < -0.39 is 6.10 Å². The van der Waals surface area contributed by atoms with Crippen LogP contribution in [-0.4, -0.2) is 34.3 Å². The number of aliphatic hydroxyl groups excluding tert-OH is 1. The van der Waals surface area contributed by atoms with Crippen LogP contribution in [0.15, 0.2) is 12.4 Å².